The molecule has 1 aromatic heterocycles. The lowest BCUT2D eigenvalue weighted by atomic mass is 9.95. The first-order chi connectivity index (χ1) is 16.3. The maximum atomic E-state index is 12.6. The number of hydrogen-bond donors (Lipinski definition) is 2. The van der Waals surface area contributed by atoms with Crippen LogP contribution in [0.4, 0.5) is 4.79 Å². The van der Waals surface area contributed by atoms with E-state index in [0.717, 1.165) is 28.8 Å². The third-order valence-electron chi connectivity index (χ3n) is 6.31. The SMILES string of the molecule is C[C@@H]1OCC[C@H](C)[C@H]1OC(=O)NCCOCCSc1cc2c3c(c1)c(=O)c(C(=O)O)cn3CC2. The summed E-state index contributed by atoms with van der Waals surface area (Å²) in [6.07, 6.45) is 2.27. The molecule has 0 unspecified atom stereocenters. The van der Waals surface area contributed by atoms with Crippen LogP contribution < -0.4 is 10.7 Å². The number of nitrogens with one attached hydrogen (secondary N) is 1. The van der Waals surface area contributed by atoms with Crippen molar-refractivity contribution in [2.45, 2.75) is 50.3 Å². The van der Waals surface area contributed by atoms with E-state index in [0.29, 0.717) is 44.0 Å². The fourth-order valence-electron chi connectivity index (χ4n) is 4.53. The van der Waals surface area contributed by atoms with E-state index in [1.54, 1.807) is 17.8 Å². The molecular weight excluding hydrogens is 460 g/mol. The molecule has 0 radical (unpaired) electrons. The number of ether oxygens (including phenoxy) is 3. The van der Waals surface area contributed by atoms with Gasteiger partial charge in [-0.3, -0.25) is 4.79 Å². The van der Waals surface area contributed by atoms with E-state index in [1.807, 2.05) is 11.5 Å². The highest BCUT2D eigenvalue weighted by molar-refractivity contribution is 7.99. The van der Waals surface area contributed by atoms with Gasteiger partial charge in [0.05, 0.1) is 24.8 Å². The number of carbonyl (C=O) groups is 2. The van der Waals surface area contributed by atoms with Crippen LogP contribution >= 0.6 is 11.8 Å². The first kappa shape index (κ1) is 24.6. The largest absolute Gasteiger partial charge is 0.477 e. The fourth-order valence-corrected chi connectivity index (χ4v) is 5.39. The molecule has 1 fully saturated rings. The van der Waals surface area contributed by atoms with Crippen LogP contribution in [0.1, 0.15) is 36.2 Å². The molecule has 1 aromatic carbocycles. The molecule has 34 heavy (non-hydrogen) atoms. The Labute approximate surface area is 201 Å². The minimum atomic E-state index is -1.20. The number of thioether (sulfide) groups is 1. The summed E-state index contributed by atoms with van der Waals surface area (Å²) in [5, 5.41) is 12.5. The Morgan fingerprint density at radius 2 is 2.12 bits per heavy atom. The molecule has 2 aromatic rings. The van der Waals surface area contributed by atoms with Gasteiger partial charge in [0.2, 0.25) is 5.43 Å². The predicted molar refractivity (Wildman–Crippen MR) is 128 cm³/mol. The van der Waals surface area contributed by atoms with Crippen LogP contribution in [0.15, 0.2) is 28.0 Å². The van der Waals surface area contributed by atoms with Crippen molar-refractivity contribution in [3.63, 3.8) is 0 Å². The van der Waals surface area contributed by atoms with Gasteiger partial charge in [0.1, 0.15) is 11.7 Å². The predicted octanol–water partition coefficient (Wildman–Crippen LogP) is 2.90. The lowest BCUT2D eigenvalue weighted by molar-refractivity contribution is -0.0951. The Morgan fingerprint density at radius 3 is 2.88 bits per heavy atom. The summed E-state index contributed by atoms with van der Waals surface area (Å²) in [7, 11) is 0. The van der Waals surface area contributed by atoms with Gasteiger partial charge in [-0.1, -0.05) is 6.92 Å². The third kappa shape index (κ3) is 5.39. The van der Waals surface area contributed by atoms with Crippen LogP contribution in [0.3, 0.4) is 0 Å². The maximum Gasteiger partial charge on any atom is 0.407 e. The summed E-state index contributed by atoms with van der Waals surface area (Å²) in [4.78, 5) is 37.0. The second-order valence-electron chi connectivity index (χ2n) is 8.70. The van der Waals surface area contributed by atoms with Crippen LogP contribution in [-0.2, 0) is 27.2 Å². The van der Waals surface area contributed by atoms with Crippen molar-refractivity contribution in [3.8, 4) is 0 Å². The van der Waals surface area contributed by atoms with Crippen LogP contribution in [-0.4, -0.2) is 66.1 Å². The van der Waals surface area contributed by atoms with Crippen molar-refractivity contribution in [1.29, 1.82) is 0 Å². The number of benzene rings is 1. The van der Waals surface area contributed by atoms with Gasteiger partial charge in [-0.05, 0) is 43.4 Å². The Kier molecular flexibility index (Phi) is 7.80. The van der Waals surface area contributed by atoms with Crippen molar-refractivity contribution < 1.29 is 28.9 Å². The lowest BCUT2D eigenvalue weighted by Crippen LogP contribution is -2.43. The topological polar surface area (TPSA) is 116 Å². The molecule has 3 atom stereocenters. The molecule has 1 saturated heterocycles. The second-order valence-corrected chi connectivity index (χ2v) is 9.87. The molecule has 10 heteroatoms. The summed E-state index contributed by atoms with van der Waals surface area (Å²) < 4.78 is 18.5. The quantitative estimate of drug-likeness (QED) is 0.407. The summed E-state index contributed by atoms with van der Waals surface area (Å²) in [5.74, 6) is -0.276. The highest BCUT2D eigenvalue weighted by Crippen LogP contribution is 2.30. The van der Waals surface area contributed by atoms with Crippen LogP contribution in [0.5, 0.6) is 0 Å². The van der Waals surface area contributed by atoms with Crippen LogP contribution in [0.25, 0.3) is 10.9 Å². The molecule has 184 valence electrons. The monoisotopic (exact) mass is 490 g/mol. The minimum absolute atomic E-state index is 0.110. The summed E-state index contributed by atoms with van der Waals surface area (Å²) in [6, 6.07) is 3.83. The number of amides is 1. The average molecular weight is 491 g/mol. The molecule has 2 aliphatic rings. The van der Waals surface area contributed by atoms with Crippen molar-refractivity contribution in [2.24, 2.45) is 5.92 Å². The third-order valence-corrected chi connectivity index (χ3v) is 7.25. The maximum absolute atomic E-state index is 12.6. The zero-order valence-electron chi connectivity index (χ0n) is 19.4. The Morgan fingerprint density at radius 1 is 1.29 bits per heavy atom. The highest BCUT2D eigenvalue weighted by atomic mass is 32.2. The summed E-state index contributed by atoms with van der Waals surface area (Å²) in [5.41, 5.74) is 1.25. The number of pyridine rings is 1. The first-order valence-corrected chi connectivity index (χ1v) is 12.5. The zero-order chi connectivity index (χ0) is 24.2. The molecule has 2 N–H and O–H groups in total. The Bertz CT molecular complexity index is 1120. The normalized spacial score (nSPS) is 21.5. The van der Waals surface area contributed by atoms with E-state index < -0.39 is 17.5 Å². The molecule has 0 bridgehead atoms. The molecule has 0 aliphatic carbocycles. The number of carboxylic acids is 1. The van der Waals surface area contributed by atoms with Gasteiger partial charge in [-0.2, -0.15) is 0 Å². The molecule has 0 spiro atoms. The molecule has 4 rings (SSSR count). The Hall–Kier alpha value is -2.56. The zero-order valence-corrected chi connectivity index (χ0v) is 20.2. The van der Waals surface area contributed by atoms with Gasteiger partial charge < -0.3 is 29.2 Å². The summed E-state index contributed by atoms with van der Waals surface area (Å²) >= 11 is 1.55. The van der Waals surface area contributed by atoms with E-state index in [4.69, 9.17) is 14.2 Å². The van der Waals surface area contributed by atoms with Crippen molar-refractivity contribution in [3.05, 3.63) is 39.7 Å². The van der Waals surface area contributed by atoms with E-state index in [1.165, 1.54) is 6.20 Å². The fraction of sp³-hybridized carbons (Fsp3) is 0.542. The number of aryl methyl sites for hydroxylation is 2. The van der Waals surface area contributed by atoms with Gasteiger partial charge in [-0.25, -0.2) is 9.59 Å². The van der Waals surface area contributed by atoms with Crippen LogP contribution in [0.2, 0.25) is 0 Å². The average Bonchev–Trinajstić information content (AvgIpc) is 3.21. The van der Waals surface area contributed by atoms with Gasteiger partial charge >= 0.3 is 12.1 Å². The van der Waals surface area contributed by atoms with Gasteiger partial charge in [-0.15, -0.1) is 11.8 Å². The number of rotatable bonds is 9. The lowest BCUT2D eigenvalue weighted by Gasteiger charge is -2.33. The second kappa shape index (κ2) is 10.8. The van der Waals surface area contributed by atoms with Crippen molar-refractivity contribution in [2.75, 3.05) is 32.1 Å². The number of carbonyl (C=O) groups excluding carboxylic acids is 1. The number of carboxylic acid groups (broad SMARTS) is 1. The number of alkyl carbamates (subject to hydrolysis) is 1. The van der Waals surface area contributed by atoms with E-state index in [9.17, 15) is 19.5 Å². The smallest absolute Gasteiger partial charge is 0.407 e. The van der Waals surface area contributed by atoms with Gasteiger partial charge in [0, 0.05) is 41.9 Å². The first-order valence-electron chi connectivity index (χ1n) is 11.5. The van der Waals surface area contributed by atoms with Crippen molar-refractivity contribution in [1.82, 2.24) is 9.88 Å². The van der Waals surface area contributed by atoms with E-state index in [-0.39, 0.29) is 23.7 Å². The van der Waals surface area contributed by atoms with Gasteiger partial charge in [0.15, 0.2) is 0 Å². The van der Waals surface area contributed by atoms with Gasteiger partial charge in [0.25, 0.3) is 0 Å². The Balaban J connectivity index is 1.22. The number of aromatic nitrogens is 1. The van der Waals surface area contributed by atoms with E-state index in [2.05, 4.69) is 18.3 Å². The molecule has 2 aliphatic heterocycles. The van der Waals surface area contributed by atoms with E-state index >= 15 is 0 Å². The number of nitrogens with zero attached hydrogens (tertiary/aromatic N) is 1. The highest BCUT2D eigenvalue weighted by Gasteiger charge is 2.31. The molecule has 0 saturated carbocycles. The summed E-state index contributed by atoms with van der Waals surface area (Å²) in [6.45, 7) is 6.51. The standard InChI is InChI=1S/C24H30N2O7S/c1-14-4-7-32-15(2)22(14)33-24(30)25-5-8-31-9-10-34-17-11-16-3-6-26-13-19(23(28)29)21(27)18(12-17)20(16)26/h11-15,22H,3-10H2,1-2H3,(H,25,30)(H,28,29)/t14-,15-,22+/m0/s1. The molecular formula is C24H30N2O7S. The number of aromatic carboxylic acids is 1. The minimum Gasteiger partial charge on any atom is -0.477 e. The number of hydrogen-bond acceptors (Lipinski definition) is 7. The molecule has 9 nitrogen and oxygen atoms in total. The van der Waals surface area contributed by atoms with Crippen molar-refractivity contribution >= 4 is 34.7 Å². The molecule has 1 amide bonds. The molecule has 3 heterocycles. The van der Waals surface area contributed by atoms with Crippen LogP contribution in [0, 0.1) is 5.92 Å².